The van der Waals surface area contributed by atoms with Crippen LogP contribution in [0.25, 0.3) is 0 Å². The first-order valence-corrected chi connectivity index (χ1v) is 8.82. The lowest BCUT2D eigenvalue weighted by atomic mass is 9.80. The van der Waals surface area contributed by atoms with Crippen molar-refractivity contribution in [2.24, 2.45) is 0 Å². The molecule has 0 spiro atoms. The van der Waals surface area contributed by atoms with E-state index in [2.05, 4.69) is 0 Å². The molecule has 3 aromatic rings. The van der Waals surface area contributed by atoms with Gasteiger partial charge in [0, 0.05) is 19.6 Å². The Balaban J connectivity index is 1.99. The molecule has 0 unspecified atom stereocenters. The molecule has 23 heavy (non-hydrogen) atoms. The Morgan fingerprint density at radius 3 is 1.74 bits per heavy atom. The van der Waals surface area contributed by atoms with Crippen LogP contribution in [0, 0.1) is 0 Å². The molecule has 0 atom stereocenters. The number of hydrogen-bond acceptors (Lipinski definition) is 4. The van der Waals surface area contributed by atoms with Crippen molar-refractivity contribution >= 4 is 36.1 Å². The first kappa shape index (κ1) is 16.2. The standard InChI is InChI=1S/C18H15BO2S2/c20-19(21)16-12-7-13-17(22-14-8-3-1-4-9-14)18(16)23-15-10-5-2-6-11-15/h1-13,20-21H. The van der Waals surface area contributed by atoms with E-state index in [-0.39, 0.29) is 0 Å². The van der Waals surface area contributed by atoms with Crippen molar-refractivity contribution in [3.05, 3.63) is 78.9 Å². The molecule has 3 aromatic carbocycles. The van der Waals surface area contributed by atoms with Crippen LogP contribution in [0.4, 0.5) is 0 Å². The van der Waals surface area contributed by atoms with Crippen LogP contribution >= 0.6 is 23.5 Å². The van der Waals surface area contributed by atoms with Gasteiger partial charge in [-0.25, -0.2) is 0 Å². The molecule has 5 heteroatoms. The zero-order valence-corrected chi connectivity index (χ0v) is 13.9. The monoisotopic (exact) mass is 338 g/mol. The zero-order chi connectivity index (χ0) is 16.1. The van der Waals surface area contributed by atoms with Gasteiger partial charge in [0.05, 0.1) is 0 Å². The molecule has 0 radical (unpaired) electrons. The van der Waals surface area contributed by atoms with Crippen LogP contribution in [-0.2, 0) is 0 Å². The maximum absolute atomic E-state index is 9.71. The summed E-state index contributed by atoms with van der Waals surface area (Å²) in [5.74, 6) is 0. The highest BCUT2D eigenvalue weighted by molar-refractivity contribution is 8.02. The molecule has 0 aromatic heterocycles. The fraction of sp³-hybridized carbons (Fsp3) is 0. The summed E-state index contributed by atoms with van der Waals surface area (Å²) < 4.78 is 0. The van der Waals surface area contributed by atoms with Crippen molar-refractivity contribution < 1.29 is 10.0 Å². The second-order valence-electron chi connectivity index (χ2n) is 4.88. The Kier molecular flexibility index (Phi) is 5.46. The van der Waals surface area contributed by atoms with Gasteiger partial charge in [0.15, 0.2) is 0 Å². The van der Waals surface area contributed by atoms with E-state index in [9.17, 15) is 10.0 Å². The SMILES string of the molecule is OB(O)c1cccc(Sc2ccccc2)c1Sc1ccccc1. The van der Waals surface area contributed by atoms with Gasteiger partial charge in [0.1, 0.15) is 0 Å². The summed E-state index contributed by atoms with van der Waals surface area (Å²) in [7, 11) is -1.49. The molecule has 0 saturated heterocycles. The molecule has 2 nitrogen and oxygen atoms in total. The van der Waals surface area contributed by atoms with Crippen LogP contribution in [0.5, 0.6) is 0 Å². The van der Waals surface area contributed by atoms with Crippen molar-refractivity contribution in [1.82, 2.24) is 0 Å². The molecule has 2 N–H and O–H groups in total. The van der Waals surface area contributed by atoms with Gasteiger partial charge in [0.2, 0.25) is 0 Å². The molecule has 0 bridgehead atoms. The fourth-order valence-corrected chi connectivity index (χ4v) is 4.29. The van der Waals surface area contributed by atoms with Crippen LogP contribution < -0.4 is 5.46 Å². The minimum atomic E-state index is -1.49. The molecule has 0 fully saturated rings. The summed E-state index contributed by atoms with van der Waals surface area (Å²) in [6, 6.07) is 25.6. The average molecular weight is 338 g/mol. The Morgan fingerprint density at radius 1 is 0.609 bits per heavy atom. The number of benzene rings is 3. The van der Waals surface area contributed by atoms with E-state index >= 15 is 0 Å². The Hall–Kier alpha value is -1.66. The Bertz CT molecular complexity index is 764. The maximum atomic E-state index is 9.71. The Morgan fingerprint density at radius 2 is 1.17 bits per heavy atom. The van der Waals surface area contributed by atoms with E-state index in [4.69, 9.17) is 0 Å². The van der Waals surface area contributed by atoms with Gasteiger partial charge < -0.3 is 10.0 Å². The molecule has 3 rings (SSSR count). The van der Waals surface area contributed by atoms with E-state index in [0.717, 1.165) is 19.6 Å². The molecule has 0 aliphatic rings. The third-order valence-electron chi connectivity index (χ3n) is 3.22. The van der Waals surface area contributed by atoms with Crippen molar-refractivity contribution in [3.63, 3.8) is 0 Å². The molecule has 0 amide bonds. The molecular formula is C18H15BO2S2. The fourth-order valence-electron chi connectivity index (χ4n) is 2.15. The minimum Gasteiger partial charge on any atom is -0.423 e. The Labute approximate surface area is 144 Å². The lowest BCUT2D eigenvalue weighted by molar-refractivity contribution is 0.424. The number of hydrogen-bond donors (Lipinski definition) is 2. The smallest absolute Gasteiger partial charge is 0.423 e. The highest BCUT2D eigenvalue weighted by Gasteiger charge is 2.20. The van der Waals surface area contributed by atoms with Crippen molar-refractivity contribution in [2.75, 3.05) is 0 Å². The van der Waals surface area contributed by atoms with Crippen LogP contribution in [0.3, 0.4) is 0 Å². The van der Waals surface area contributed by atoms with Gasteiger partial charge in [-0.1, -0.05) is 72.1 Å². The highest BCUT2D eigenvalue weighted by Crippen LogP contribution is 2.37. The molecule has 0 heterocycles. The number of rotatable bonds is 5. The van der Waals surface area contributed by atoms with Crippen LogP contribution in [0.15, 0.2) is 98.4 Å². The van der Waals surface area contributed by atoms with E-state index in [0.29, 0.717) is 5.46 Å². The van der Waals surface area contributed by atoms with Crippen LogP contribution in [0.1, 0.15) is 0 Å². The van der Waals surface area contributed by atoms with Gasteiger partial charge in [-0.15, -0.1) is 0 Å². The molecule has 0 saturated carbocycles. The van der Waals surface area contributed by atoms with Gasteiger partial charge in [-0.05, 0) is 35.8 Å². The summed E-state index contributed by atoms with van der Waals surface area (Å²) in [6.45, 7) is 0. The zero-order valence-electron chi connectivity index (χ0n) is 12.3. The molecule has 114 valence electrons. The average Bonchev–Trinajstić information content (AvgIpc) is 2.58. The maximum Gasteiger partial charge on any atom is 0.489 e. The summed E-state index contributed by atoms with van der Waals surface area (Å²) >= 11 is 3.17. The van der Waals surface area contributed by atoms with Gasteiger partial charge in [-0.2, -0.15) is 0 Å². The van der Waals surface area contributed by atoms with Crippen LogP contribution in [-0.4, -0.2) is 17.2 Å². The molecular weight excluding hydrogens is 323 g/mol. The summed E-state index contributed by atoms with van der Waals surface area (Å²) in [5.41, 5.74) is 0.528. The largest absolute Gasteiger partial charge is 0.489 e. The van der Waals surface area contributed by atoms with E-state index in [1.54, 1.807) is 29.6 Å². The first-order chi connectivity index (χ1) is 11.2. The third-order valence-corrected chi connectivity index (χ3v) is 5.59. The quantitative estimate of drug-likeness (QED) is 0.697. The van der Waals surface area contributed by atoms with Crippen molar-refractivity contribution in [1.29, 1.82) is 0 Å². The van der Waals surface area contributed by atoms with E-state index in [1.807, 2.05) is 72.8 Å². The summed E-state index contributed by atoms with van der Waals surface area (Å²) in [4.78, 5) is 4.07. The predicted molar refractivity (Wildman–Crippen MR) is 97.4 cm³/mol. The molecule has 0 aliphatic heterocycles. The summed E-state index contributed by atoms with van der Waals surface area (Å²) in [5, 5.41) is 19.4. The van der Waals surface area contributed by atoms with Gasteiger partial charge in [0.25, 0.3) is 0 Å². The van der Waals surface area contributed by atoms with E-state index < -0.39 is 7.12 Å². The van der Waals surface area contributed by atoms with Gasteiger partial charge in [-0.3, -0.25) is 0 Å². The third kappa shape index (κ3) is 4.21. The highest BCUT2D eigenvalue weighted by atomic mass is 32.2. The normalized spacial score (nSPS) is 10.5. The lowest BCUT2D eigenvalue weighted by Gasteiger charge is -2.14. The van der Waals surface area contributed by atoms with E-state index in [1.165, 1.54) is 0 Å². The van der Waals surface area contributed by atoms with Crippen LogP contribution in [0.2, 0.25) is 0 Å². The first-order valence-electron chi connectivity index (χ1n) is 7.19. The minimum absolute atomic E-state index is 0.528. The topological polar surface area (TPSA) is 40.5 Å². The predicted octanol–water partition coefficient (Wildman–Crippen LogP) is 3.67. The van der Waals surface area contributed by atoms with Gasteiger partial charge >= 0.3 is 7.12 Å². The second kappa shape index (κ2) is 7.75. The second-order valence-corrected chi connectivity index (χ2v) is 7.08. The van der Waals surface area contributed by atoms with Crippen molar-refractivity contribution in [3.8, 4) is 0 Å². The molecule has 0 aliphatic carbocycles. The lowest BCUT2D eigenvalue weighted by Crippen LogP contribution is -2.31. The van der Waals surface area contributed by atoms with Crippen molar-refractivity contribution in [2.45, 2.75) is 19.6 Å². The summed E-state index contributed by atoms with van der Waals surface area (Å²) in [6.07, 6.45) is 0.